The average Bonchev–Trinajstić information content (AvgIpc) is 2.99. The van der Waals surface area contributed by atoms with Crippen LogP contribution in [0, 0.1) is 5.41 Å². The number of hydrogen-bond donors (Lipinski definition) is 2. The van der Waals surface area contributed by atoms with Crippen LogP contribution >= 0.6 is 0 Å². The fourth-order valence-electron chi connectivity index (χ4n) is 1.76. The summed E-state index contributed by atoms with van der Waals surface area (Å²) in [4.78, 5) is 11.9. The summed E-state index contributed by atoms with van der Waals surface area (Å²) < 4.78 is 5.08. The monoisotopic (exact) mass is 214 g/mol. The maximum absolute atomic E-state index is 11.9. The van der Waals surface area contributed by atoms with Crippen molar-refractivity contribution in [2.45, 2.75) is 38.6 Å². The van der Waals surface area contributed by atoms with Gasteiger partial charge in [-0.05, 0) is 19.3 Å². The standard InChI is InChI=1S/C11H22N2O2/c1-3-4-9(7-15-2)13-10(14)11(8-12)5-6-11/h9H,3-8,12H2,1-2H3,(H,13,14). The molecule has 1 saturated carbocycles. The number of carbonyl (C=O) groups excluding carboxylic acids is 1. The Hall–Kier alpha value is -0.610. The summed E-state index contributed by atoms with van der Waals surface area (Å²) >= 11 is 0. The van der Waals surface area contributed by atoms with Crippen LogP contribution in [-0.2, 0) is 9.53 Å². The first-order valence-electron chi connectivity index (χ1n) is 5.68. The molecule has 0 radical (unpaired) electrons. The van der Waals surface area contributed by atoms with Gasteiger partial charge < -0.3 is 15.8 Å². The van der Waals surface area contributed by atoms with Gasteiger partial charge in [-0.15, -0.1) is 0 Å². The van der Waals surface area contributed by atoms with Crippen molar-refractivity contribution in [3.05, 3.63) is 0 Å². The highest BCUT2D eigenvalue weighted by Gasteiger charge is 2.48. The molecule has 0 aromatic heterocycles. The summed E-state index contributed by atoms with van der Waals surface area (Å²) in [7, 11) is 1.66. The number of hydrogen-bond acceptors (Lipinski definition) is 3. The predicted molar refractivity (Wildman–Crippen MR) is 59.4 cm³/mol. The van der Waals surface area contributed by atoms with Gasteiger partial charge in [0.05, 0.1) is 18.1 Å². The van der Waals surface area contributed by atoms with E-state index in [2.05, 4.69) is 12.2 Å². The van der Waals surface area contributed by atoms with Crippen LogP contribution in [0.25, 0.3) is 0 Å². The average molecular weight is 214 g/mol. The number of amides is 1. The van der Waals surface area contributed by atoms with E-state index < -0.39 is 0 Å². The molecule has 4 nitrogen and oxygen atoms in total. The minimum Gasteiger partial charge on any atom is -0.383 e. The molecule has 0 saturated heterocycles. The second kappa shape index (κ2) is 5.47. The fraction of sp³-hybridized carbons (Fsp3) is 0.909. The highest BCUT2D eigenvalue weighted by Crippen LogP contribution is 2.44. The second-order valence-electron chi connectivity index (χ2n) is 4.40. The molecular weight excluding hydrogens is 192 g/mol. The van der Waals surface area contributed by atoms with E-state index >= 15 is 0 Å². The lowest BCUT2D eigenvalue weighted by Gasteiger charge is -2.20. The third kappa shape index (κ3) is 3.18. The van der Waals surface area contributed by atoms with Crippen LogP contribution in [0.4, 0.5) is 0 Å². The molecule has 1 atom stereocenters. The van der Waals surface area contributed by atoms with Crippen LogP contribution in [0.3, 0.4) is 0 Å². The minimum absolute atomic E-state index is 0.112. The first-order chi connectivity index (χ1) is 7.18. The Morgan fingerprint density at radius 1 is 1.60 bits per heavy atom. The van der Waals surface area contributed by atoms with E-state index in [1.54, 1.807) is 7.11 Å². The number of nitrogens with one attached hydrogen (secondary N) is 1. The highest BCUT2D eigenvalue weighted by molar-refractivity contribution is 5.85. The van der Waals surface area contributed by atoms with Crippen LogP contribution in [0.15, 0.2) is 0 Å². The molecule has 1 aliphatic carbocycles. The zero-order chi connectivity index (χ0) is 11.3. The molecule has 1 fully saturated rings. The van der Waals surface area contributed by atoms with E-state index in [1.807, 2.05) is 0 Å². The first kappa shape index (κ1) is 12.5. The highest BCUT2D eigenvalue weighted by atomic mass is 16.5. The Labute approximate surface area is 91.5 Å². The summed E-state index contributed by atoms with van der Waals surface area (Å²) in [6, 6.07) is 0.136. The molecule has 0 heterocycles. The van der Waals surface area contributed by atoms with E-state index in [-0.39, 0.29) is 17.4 Å². The van der Waals surface area contributed by atoms with E-state index in [0.29, 0.717) is 13.2 Å². The lowest BCUT2D eigenvalue weighted by molar-refractivity contribution is -0.127. The maximum atomic E-state index is 11.9. The molecule has 4 heteroatoms. The summed E-state index contributed by atoms with van der Waals surface area (Å²) in [6.45, 7) is 3.15. The Bertz CT molecular complexity index is 209. The van der Waals surface area contributed by atoms with E-state index in [4.69, 9.17) is 10.5 Å². The van der Waals surface area contributed by atoms with E-state index in [9.17, 15) is 4.79 Å². The normalized spacial score (nSPS) is 19.7. The van der Waals surface area contributed by atoms with Crippen molar-refractivity contribution < 1.29 is 9.53 Å². The summed E-state index contributed by atoms with van der Waals surface area (Å²) in [6.07, 6.45) is 3.87. The number of methoxy groups -OCH3 is 1. The summed E-state index contributed by atoms with van der Waals surface area (Å²) in [5.74, 6) is 0.112. The molecular formula is C11H22N2O2. The van der Waals surface area contributed by atoms with Crippen molar-refractivity contribution in [3.63, 3.8) is 0 Å². The molecule has 1 unspecified atom stereocenters. The Balaban J connectivity index is 2.40. The van der Waals surface area contributed by atoms with Gasteiger partial charge in [0.25, 0.3) is 0 Å². The van der Waals surface area contributed by atoms with Gasteiger partial charge in [0.1, 0.15) is 0 Å². The van der Waals surface area contributed by atoms with Crippen molar-refractivity contribution in [1.82, 2.24) is 5.32 Å². The van der Waals surface area contributed by atoms with E-state index in [1.165, 1.54) is 0 Å². The Kier molecular flexibility index (Phi) is 4.54. The fourth-order valence-corrected chi connectivity index (χ4v) is 1.76. The predicted octanol–water partition coefficient (Wildman–Crippen LogP) is 0.657. The molecule has 15 heavy (non-hydrogen) atoms. The molecule has 3 N–H and O–H groups in total. The van der Waals surface area contributed by atoms with Crippen LogP contribution in [-0.4, -0.2) is 32.2 Å². The minimum atomic E-state index is -0.250. The van der Waals surface area contributed by atoms with Gasteiger partial charge in [0.15, 0.2) is 0 Å². The van der Waals surface area contributed by atoms with Gasteiger partial charge in [-0.1, -0.05) is 13.3 Å². The molecule has 0 aromatic rings. The summed E-state index contributed by atoms with van der Waals surface area (Å²) in [5.41, 5.74) is 5.35. The van der Waals surface area contributed by atoms with Crippen LogP contribution in [0.1, 0.15) is 32.6 Å². The zero-order valence-corrected chi connectivity index (χ0v) is 9.71. The SMILES string of the molecule is CCCC(COC)NC(=O)C1(CN)CC1. The number of nitrogens with two attached hydrogens (primary N) is 1. The van der Waals surface area contributed by atoms with Crippen molar-refractivity contribution in [3.8, 4) is 0 Å². The molecule has 88 valence electrons. The third-order valence-electron chi connectivity index (χ3n) is 3.07. The first-order valence-corrected chi connectivity index (χ1v) is 5.68. The molecule has 1 rings (SSSR count). The van der Waals surface area contributed by atoms with Gasteiger partial charge in [-0.25, -0.2) is 0 Å². The lowest BCUT2D eigenvalue weighted by atomic mass is 10.1. The lowest BCUT2D eigenvalue weighted by Crippen LogP contribution is -2.44. The third-order valence-corrected chi connectivity index (χ3v) is 3.07. The number of ether oxygens (including phenoxy) is 1. The smallest absolute Gasteiger partial charge is 0.227 e. The largest absolute Gasteiger partial charge is 0.383 e. The van der Waals surface area contributed by atoms with Gasteiger partial charge in [0, 0.05) is 13.7 Å². The maximum Gasteiger partial charge on any atom is 0.227 e. The van der Waals surface area contributed by atoms with Crippen LogP contribution < -0.4 is 11.1 Å². The quantitative estimate of drug-likeness (QED) is 0.654. The Morgan fingerprint density at radius 2 is 2.27 bits per heavy atom. The van der Waals surface area contributed by atoms with Crippen molar-refractivity contribution in [2.24, 2.45) is 11.1 Å². The molecule has 1 aliphatic rings. The molecule has 1 amide bonds. The molecule has 0 aromatic carbocycles. The zero-order valence-electron chi connectivity index (χ0n) is 9.71. The van der Waals surface area contributed by atoms with Gasteiger partial charge in [-0.3, -0.25) is 4.79 Å². The molecule has 0 spiro atoms. The van der Waals surface area contributed by atoms with Crippen LogP contribution in [0.5, 0.6) is 0 Å². The van der Waals surface area contributed by atoms with Gasteiger partial charge >= 0.3 is 0 Å². The van der Waals surface area contributed by atoms with Crippen molar-refractivity contribution >= 4 is 5.91 Å². The van der Waals surface area contributed by atoms with Crippen molar-refractivity contribution in [2.75, 3.05) is 20.3 Å². The van der Waals surface area contributed by atoms with Gasteiger partial charge in [-0.2, -0.15) is 0 Å². The van der Waals surface area contributed by atoms with Crippen LogP contribution in [0.2, 0.25) is 0 Å². The second-order valence-corrected chi connectivity index (χ2v) is 4.40. The molecule has 0 aliphatic heterocycles. The topological polar surface area (TPSA) is 64.3 Å². The summed E-state index contributed by atoms with van der Waals surface area (Å²) in [5, 5.41) is 3.03. The number of rotatable bonds is 7. The number of carbonyl (C=O) groups is 1. The van der Waals surface area contributed by atoms with Crippen molar-refractivity contribution in [1.29, 1.82) is 0 Å². The van der Waals surface area contributed by atoms with E-state index in [0.717, 1.165) is 25.7 Å². The van der Waals surface area contributed by atoms with Gasteiger partial charge in [0.2, 0.25) is 5.91 Å². The molecule has 0 bridgehead atoms. The Morgan fingerprint density at radius 3 is 2.67 bits per heavy atom.